The van der Waals surface area contributed by atoms with Crippen molar-refractivity contribution in [1.82, 2.24) is 4.98 Å². The Bertz CT molecular complexity index is 752. The van der Waals surface area contributed by atoms with Gasteiger partial charge in [0, 0.05) is 22.2 Å². The first kappa shape index (κ1) is 12.7. The smallest absolute Gasteiger partial charge is 0.0982 e. The van der Waals surface area contributed by atoms with E-state index in [0.717, 1.165) is 20.8 Å². The van der Waals surface area contributed by atoms with E-state index in [0.29, 0.717) is 22.2 Å². The lowest BCUT2D eigenvalue weighted by atomic mass is 10.1. The van der Waals surface area contributed by atoms with E-state index < -0.39 is 0 Å². The molecule has 2 aromatic carbocycles. The predicted octanol–water partition coefficient (Wildman–Crippen LogP) is 4.78. The molecular formula is C14H10Cl2N2S. The molecule has 0 radical (unpaired) electrons. The summed E-state index contributed by atoms with van der Waals surface area (Å²) in [6.45, 7) is 0. The van der Waals surface area contributed by atoms with E-state index in [1.807, 2.05) is 30.3 Å². The first-order valence-electron chi connectivity index (χ1n) is 5.71. The second-order valence-electron chi connectivity index (χ2n) is 4.25. The molecule has 0 bridgehead atoms. The van der Waals surface area contributed by atoms with Crippen LogP contribution in [-0.2, 0) is 6.42 Å². The van der Waals surface area contributed by atoms with E-state index in [1.54, 1.807) is 17.4 Å². The number of benzene rings is 2. The van der Waals surface area contributed by atoms with Crippen molar-refractivity contribution in [2.24, 2.45) is 0 Å². The summed E-state index contributed by atoms with van der Waals surface area (Å²) in [5.74, 6) is 0. The Kier molecular flexibility index (Phi) is 3.35. The number of nitrogens with zero attached hydrogens (tertiary/aromatic N) is 1. The molecule has 0 spiro atoms. The molecule has 0 aliphatic heterocycles. The normalized spacial score (nSPS) is 11.1. The van der Waals surface area contributed by atoms with Gasteiger partial charge in [-0.05, 0) is 35.9 Å². The van der Waals surface area contributed by atoms with E-state index in [9.17, 15) is 0 Å². The van der Waals surface area contributed by atoms with E-state index in [2.05, 4.69) is 4.98 Å². The number of nitrogen functional groups attached to an aromatic ring is 1. The zero-order valence-electron chi connectivity index (χ0n) is 9.86. The highest BCUT2D eigenvalue weighted by Gasteiger charge is 2.08. The zero-order chi connectivity index (χ0) is 13.4. The fourth-order valence-electron chi connectivity index (χ4n) is 1.89. The molecule has 1 aromatic heterocycles. The van der Waals surface area contributed by atoms with Gasteiger partial charge in [-0.1, -0.05) is 29.3 Å². The Hall–Kier alpha value is -1.29. The van der Waals surface area contributed by atoms with Gasteiger partial charge < -0.3 is 5.73 Å². The molecule has 0 fully saturated rings. The third-order valence-electron chi connectivity index (χ3n) is 2.81. The first-order chi connectivity index (χ1) is 9.11. The molecule has 0 aliphatic carbocycles. The van der Waals surface area contributed by atoms with Crippen LogP contribution in [0.1, 0.15) is 10.6 Å². The number of nitrogens with two attached hydrogens (primary N) is 1. The maximum atomic E-state index is 6.18. The summed E-state index contributed by atoms with van der Waals surface area (Å²) >= 11 is 13.8. The Morgan fingerprint density at radius 2 is 1.95 bits per heavy atom. The van der Waals surface area contributed by atoms with Crippen molar-refractivity contribution in [3.8, 4) is 0 Å². The van der Waals surface area contributed by atoms with Crippen LogP contribution in [0.3, 0.4) is 0 Å². The Labute approximate surface area is 124 Å². The van der Waals surface area contributed by atoms with Crippen LogP contribution >= 0.6 is 34.5 Å². The number of anilines is 1. The molecule has 96 valence electrons. The minimum atomic E-state index is 0.671. The van der Waals surface area contributed by atoms with Crippen LogP contribution in [0.2, 0.25) is 10.0 Å². The lowest BCUT2D eigenvalue weighted by molar-refractivity contribution is 1.16. The Morgan fingerprint density at radius 3 is 2.74 bits per heavy atom. The van der Waals surface area contributed by atoms with Crippen LogP contribution in [0.4, 0.5) is 5.69 Å². The van der Waals surface area contributed by atoms with Gasteiger partial charge in [-0.3, -0.25) is 0 Å². The van der Waals surface area contributed by atoms with Crippen molar-refractivity contribution >= 4 is 50.4 Å². The Balaban J connectivity index is 1.96. The SMILES string of the molecule is Nc1ccc(Cc2nc3cc(Cl)ccc3s2)c(Cl)c1. The second kappa shape index (κ2) is 5.00. The maximum Gasteiger partial charge on any atom is 0.0982 e. The summed E-state index contributed by atoms with van der Waals surface area (Å²) in [6, 6.07) is 11.3. The molecular weight excluding hydrogens is 299 g/mol. The van der Waals surface area contributed by atoms with Gasteiger partial charge >= 0.3 is 0 Å². The maximum absolute atomic E-state index is 6.18. The van der Waals surface area contributed by atoms with Crippen LogP contribution in [0.5, 0.6) is 0 Å². The fourth-order valence-corrected chi connectivity index (χ4v) is 3.29. The number of thiazole rings is 1. The number of rotatable bonds is 2. The molecule has 2 nitrogen and oxygen atoms in total. The molecule has 0 atom stereocenters. The third-order valence-corrected chi connectivity index (χ3v) is 4.44. The van der Waals surface area contributed by atoms with Crippen molar-refractivity contribution in [1.29, 1.82) is 0 Å². The lowest BCUT2D eigenvalue weighted by Crippen LogP contribution is -1.91. The molecule has 0 saturated carbocycles. The molecule has 1 heterocycles. The number of halogens is 2. The molecule has 19 heavy (non-hydrogen) atoms. The zero-order valence-corrected chi connectivity index (χ0v) is 12.2. The largest absolute Gasteiger partial charge is 0.399 e. The van der Waals surface area contributed by atoms with Gasteiger partial charge in [0.2, 0.25) is 0 Å². The number of fused-ring (bicyclic) bond motifs is 1. The molecule has 2 N–H and O–H groups in total. The highest BCUT2D eigenvalue weighted by molar-refractivity contribution is 7.18. The molecule has 5 heteroatoms. The van der Waals surface area contributed by atoms with Crippen LogP contribution in [-0.4, -0.2) is 4.98 Å². The van der Waals surface area contributed by atoms with Crippen molar-refractivity contribution < 1.29 is 0 Å². The highest BCUT2D eigenvalue weighted by Crippen LogP contribution is 2.28. The first-order valence-corrected chi connectivity index (χ1v) is 7.28. The minimum absolute atomic E-state index is 0.671. The molecule has 0 unspecified atom stereocenters. The lowest BCUT2D eigenvalue weighted by Gasteiger charge is -2.02. The minimum Gasteiger partial charge on any atom is -0.399 e. The number of hydrogen-bond acceptors (Lipinski definition) is 3. The van der Waals surface area contributed by atoms with Gasteiger partial charge in [0.05, 0.1) is 15.2 Å². The van der Waals surface area contributed by atoms with Gasteiger partial charge in [-0.2, -0.15) is 0 Å². The molecule has 3 aromatic rings. The predicted molar refractivity (Wildman–Crippen MR) is 83.3 cm³/mol. The fraction of sp³-hybridized carbons (Fsp3) is 0.0714. The average Bonchev–Trinajstić information content (AvgIpc) is 2.74. The van der Waals surface area contributed by atoms with Crippen LogP contribution in [0.15, 0.2) is 36.4 Å². The molecule has 0 aliphatic rings. The van der Waals surface area contributed by atoms with E-state index in [-0.39, 0.29) is 0 Å². The molecule has 3 rings (SSSR count). The van der Waals surface area contributed by atoms with Crippen LogP contribution in [0.25, 0.3) is 10.2 Å². The summed E-state index contributed by atoms with van der Waals surface area (Å²) in [7, 11) is 0. The van der Waals surface area contributed by atoms with Crippen molar-refractivity contribution in [2.45, 2.75) is 6.42 Å². The van der Waals surface area contributed by atoms with Crippen molar-refractivity contribution in [3.63, 3.8) is 0 Å². The topological polar surface area (TPSA) is 38.9 Å². The van der Waals surface area contributed by atoms with Gasteiger partial charge in [0.15, 0.2) is 0 Å². The molecule has 0 amide bonds. The Morgan fingerprint density at radius 1 is 1.11 bits per heavy atom. The van der Waals surface area contributed by atoms with Gasteiger partial charge in [0.25, 0.3) is 0 Å². The van der Waals surface area contributed by atoms with E-state index >= 15 is 0 Å². The van der Waals surface area contributed by atoms with Crippen LogP contribution in [0, 0.1) is 0 Å². The summed E-state index contributed by atoms with van der Waals surface area (Å²) in [5, 5.41) is 2.40. The standard InChI is InChI=1S/C14H10Cl2N2S/c15-9-2-4-13-12(6-9)18-14(19-13)5-8-1-3-10(17)7-11(8)16/h1-4,6-7H,5,17H2. The van der Waals surface area contributed by atoms with Gasteiger partial charge in [-0.15, -0.1) is 11.3 Å². The highest BCUT2D eigenvalue weighted by atomic mass is 35.5. The van der Waals surface area contributed by atoms with Gasteiger partial charge in [0.1, 0.15) is 0 Å². The summed E-state index contributed by atoms with van der Waals surface area (Å²) in [6.07, 6.45) is 0.704. The summed E-state index contributed by atoms with van der Waals surface area (Å²) in [5.41, 5.74) is 8.32. The monoisotopic (exact) mass is 308 g/mol. The second-order valence-corrected chi connectivity index (χ2v) is 6.21. The summed E-state index contributed by atoms with van der Waals surface area (Å²) in [4.78, 5) is 4.58. The van der Waals surface area contributed by atoms with E-state index in [1.165, 1.54) is 0 Å². The van der Waals surface area contributed by atoms with E-state index in [4.69, 9.17) is 28.9 Å². The average molecular weight is 309 g/mol. The number of hydrogen-bond donors (Lipinski definition) is 1. The molecule has 0 saturated heterocycles. The van der Waals surface area contributed by atoms with Crippen molar-refractivity contribution in [3.05, 3.63) is 57.0 Å². The quantitative estimate of drug-likeness (QED) is 0.692. The van der Waals surface area contributed by atoms with Crippen molar-refractivity contribution in [2.75, 3.05) is 5.73 Å². The van der Waals surface area contributed by atoms with Crippen LogP contribution < -0.4 is 5.73 Å². The number of aromatic nitrogens is 1. The van der Waals surface area contributed by atoms with Gasteiger partial charge in [-0.25, -0.2) is 4.98 Å². The summed E-state index contributed by atoms with van der Waals surface area (Å²) < 4.78 is 1.13. The third kappa shape index (κ3) is 2.68.